The van der Waals surface area contributed by atoms with E-state index in [1.54, 1.807) is 6.08 Å². The predicted molar refractivity (Wildman–Crippen MR) is 73.0 cm³/mol. The first-order valence-corrected chi connectivity index (χ1v) is 6.46. The molecule has 0 rings (SSSR count). The van der Waals surface area contributed by atoms with Crippen LogP contribution in [0.15, 0.2) is 21.3 Å². The van der Waals surface area contributed by atoms with E-state index in [4.69, 9.17) is 5.11 Å². The first-order chi connectivity index (χ1) is 7.01. The van der Waals surface area contributed by atoms with Crippen molar-refractivity contribution in [2.45, 2.75) is 39.7 Å². The highest BCUT2D eigenvalue weighted by molar-refractivity contribution is 14.1. The van der Waals surface area contributed by atoms with Crippen LogP contribution >= 0.6 is 22.6 Å². The van der Waals surface area contributed by atoms with E-state index >= 15 is 0 Å². The number of aliphatic hydroxyl groups excluding tert-OH is 2. The molecular formula is C12H21IO2. The Bertz CT molecular complexity index is 234. The Labute approximate surface area is 106 Å². The Morgan fingerprint density at radius 3 is 2.33 bits per heavy atom. The Morgan fingerprint density at radius 2 is 1.87 bits per heavy atom. The quantitative estimate of drug-likeness (QED) is 0.582. The molecule has 15 heavy (non-hydrogen) atoms. The van der Waals surface area contributed by atoms with E-state index in [9.17, 15) is 5.11 Å². The van der Waals surface area contributed by atoms with Gasteiger partial charge in [-0.25, -0.2) is 0 Å². The van der Waals surface area contributed by atoms with E-state index < -0.39 is 0 Å². The lowest BCUT2D eigenvalue weighted by atomic mass is 9.93. The molecule has 0 bridgehead atoms. The molecule has 88 valence electrons. The van der Waals surface area contributed by atoms with Crippen molar-refractivity contribution in [2.24, 2.45) is 5.92 Å². The molecule has 0 aromatic rings. The zero-order chi connectivity index (χ0) is 11.8. The van der Waals surface area contributed by atoms with E-state index in [1.807, 2.05) is 24.9 Å². The Hall–Kier alpha value is 0.130. The summed E-state index contributed by atoms with van der Waals surface area (Å²) in [6.45, 7) is 6.14. The molecule has 0 aliphatic rings. The van der Waals surface area contributed by atoms with Crippen LogP contribution in [-0.4, -0.2) is 22.9 Å². The van der Waals surface area contributed by atoms with E-state index in [1.165, 1.54) is 5.57 Å². The third-order valence-corrected chi connectivity index (χ3v) is 3.52. The molecule has 0 aromatic heterocycles. The summed E-state index contributed by atoms with van der Waals surface area (Å²) < 4.78 is 2.00. The maximum absolute atomic E-state index is 9.90. The van der Waals surface area contributed by atoms with Crippen LogP contribution < -0.4 is 0 Å². The van der Waals surface area contributed by atoms with Crippen LogP contribution in [0.5, 0.6) is 0 Å². The first-order valence-electron chi connectivity index (χ1n) is 5.21. The van der Waals surface area contributed by atoms with Crippen molar-refractivity contribution >= 4 is 22.6 Å². The lowest BCUT2D eigenvalue weighted by Gasteiger charge is -2.19. The van der Waals surface area contributed by atoms with Gasteiger partial charge in [-0.3, -0.25) is 0 Å². The fraction of sp³-hybridized carbons (Fsp3) is 0.667. The van der Waals surface area contributed by atoms with Gasteiger partial charge >= 0.3 is 0 Å². The summed E-state index contributed by atoms with van der Waals surface area (Å²) in [5.74, 6) is 0.235. The van der Waals surface area contributed by atoms with Crippen LogP contribution in [0.3, 0.4) is 0 Å². The molecule has 0 radical (unpaired) electrons. The average molecular weight is 324 g/mol. The zero-order valence-corrected chi connectivity index (χ0v) is 11.9. The van der Waals surface area contributed by atoms with E-state index in [-0.39, 0.29) is 18.6 Å². The van der Waals surface area contributed by atoms with Crippen molar-refractivity contribution in [3.8, 4) is 0 Å². The summed E-state index contributed by atoms with van der Waals surface area (Å²) in [6.07, 6.45) is 3.08. The number of halogens is 1. The maximum Gasteiger partial charge on any atom is 0.0614 e. The van der Waals surface area contributed by atoms with E-state index in [2.05, 4.69) is 22.6 Å². The van der Waals surface area contributed by atoms with Gasteiger partial charge in [-0.05, 0) is 36.7 Å². The molecule has 0 amide bonds. The van der Waals surface area contributed by atoms with Crippen molar-refractivity contribution in [2.75, 3.05) is 6.61 Å². The highest BCUT2D eigenvalue weighted by atomic mass is 127. The Kier molecular flexibility index (Phi) is 8.37. The molecule has 0 saturated carbocycles. The fourth-order valence-electron chi connectivity index (χ4n) is 1.46. The summed E-state index contributed by atoms with van der Waals surface area (Å²) in [4.78, 5) is 0. The van der Waals surface area contributed by atoms with Crippen LogP contribution in [0, 0.1) is 5.92 Å². The van der Waals surface area contributed by atoms with Gasteiger partial charge < -0.3 is 10.2 Å². The van der Waals surface area contributed by atoms with Crippen LogP contribution in [0.1, 0.15) is 33.6 Å². The zero-order valence-electron chi connectivity index (χ0n) is 9.70. The van der Waals surface area contributed by atoms with Gasteiger partial charge in [-0.1, -0.05) is 46.7 Å². The highest BCUT2D eigenvalue weighted by Crippen LogP contribution is 2.20. The van der Waals surface area contributed by atoms with Crippen LogP contribution in [0.2, 0.25) is 0 Å². The molecule has 2 atom stereocenters. The molecule has 0 spiro atoms. The van der Waals surface area contributed by atoms with Crippen molar-refractivity contribution in [1.82, 2.24) is 0 Å². The SMILES string of the molecule is C/C(=C\CO)C[C@@H](C)[C@H](O)C/C(C)=C/I. The van der Waals surface area contributed by atoms with Crippen molar-refractivity contribution in [3.05, 3.63) is 21.3 Å². The minimum atomic E-state index is -0.293. The van der Waals surface area contributed by atoms with E-state index in [0.29, 0.717) is 0 Å². The number of hydrogen-bond donors (Lipinski definition) is 2. The van der Waals surface area contributed by atoms with Crippen LogP contribution in [-0.2, 0) is 0 Å². The average Bonchev–Trinajstić information content (AvgIpc) is 2.17. The minimum absolute atomic E-state index is 0.0847. The van der Waals surface area contributed by atoms with Gasteiger partial charge in [-0.15, -0.1) is 0 Å². The third kappa shape index (κ3) is 7.09. The molecule has 0 aliphatic carbocycles. The second-order valence-electron chi connectivity index (χ2n) is 4.14. The molecule has 0 aliphatic heterocycles. The molecule has 2 N–H and O–H groups in total. The molecule has 0 fully saturated rings. The summed E-state index contributed by atoms with van der Waals surface area (Å²) in [5, 5.41) is 18.6. The highest BCUT2D eigenvalue weighted by Gasteiger charge is 2.14. The molecular weight excluding hydrogens is 303 g/mol. The van der Waals surface area contributed by atoms with Gasteiger partial charge in [0.2, 0.25) is 0 Å². The lowest BCUT2D eigenvalue weighted by molar-refractivity contribution is 0.116. The second-order valence-corrected chi connectivity index (χ2v) is 4.76. The molecule has 0 heterocycles. The van der Waals surface area contributed by atoms with Gasteiger partial charge in [0.05, 0.1) is 12.7 Å². The standard InChI is InChI=1S/C12H21IO2/c1-9(4-5-14)6-11(3)12(15)7-10(2)8-13/h4,8,11-12,14-15H,5-7H2,1-3H3/b9-4+,10-8+/t11-,12-/m1/s1. The summed E-state index contributed by atoms with van der Waals surface area (Å²) in [7, 11) is 0. The maximum atomic E-state index is 9.90. The largest absolute Gasteiger partial charge is 0.393 e. The molecule has 0 unspecified atom stereocenters. The fourth-order valence-corrected chi connectivity index (χ4v) is 1.71. The summed E-state index contributed by atoms with van der Waals surface area (Å²) in [6, 6.07) is 0. The second kappa shape index (κ2) is 8.30. The predicted octanol–water partition coefficient (Wildman–Crippen LogP) is 3.04. The topological polar surface area (TPSA) is 40.5 Å². The number of rotatable bonds is 6. The number of aliphatic hydroxyl groups is 2. The third-order valence-electron chi connectivity index (χ3n) is 2.46. The Morgan fingerprint density at radius 1 is 1.27 bits per heavy atom. The molecule has 2 nitrogen and oxygen atoms in total. The van der Waals surface area contributed by atoms with Gasteiger partial charge in [0.25, 0.3) is 0 Å². The molecule has 0 aromatic carbocycles. The van der Waals surface area contributed by atoms with Gasteiger partial charge in [0.15, 0.2) is 0 Å². The monoisotopic (exact) mass is 324 g/mol. The minimum Gasteiger partial charge on any atom is -0.393 e. The van der Waals surface area contributed by atoms with Crippen LogP contribution in [0.25, 0.3) is 0 Å². The van der Waals surface area contributed by atoms with E-state index in [0.717, 1.165) is 18.4 Å². The van der Waals surface area contributed by atoms with Gasteiger partial charge in [0, 0.05) is 0 Å². The first kappa shape index (κ1) is 15.1. The molecule has 0 saturated heterocycles. The number of hydrogen-bond acceptors (Lipinski definition) is 2. The summed E-state index contributed by atoms with van der Waals surface area (Å²) in [5.41, 5.74) is 2.35. The van der Waals surface area contributed by atoms with Crippen LogP contribution in [0.4, 0.5) is 0 Å². The van der Waals surface area contributed by atoms with Gasteiger partial charge in [0.1, 0.15) is 0 Å². The lowest BCUT2D eigenvalue weighted by Crippen LogP contribution is -2.18. The van der Waals surface area contributed by atoms with Gasteiger partial charge in [-0.2, -0.15) is 0 Å². The molecule has 3 heteroatoms. The summed E-state index contributed by atoms with van der Waals surface area (Å²) >= 11 is 2.19. The Balaban J connectivity index is 4.09. The number of allylic oxidation sites excluding steroid dienone is 1. The smallest absolute Gasteiger partial charge is 0.0614 e. The van der Waals surface area contributed by atoms with Crippen molar-refractivity contribution in [1.29, 1.82) is 0 Å². The normalized spacial score (nSPS) is 17.7. The van der Waals surface area contributed by atoms with Crippen molar-refractivity contribution < 1.29 is 10.2 Å². The van der Waals surface area contributed by atoms with Crippen molar-refractivity contribution in [3.63, 3.8) is 0 Å².